The first kappa shape index (κ1) is 12.9. The summed E-state index contributed by atoms with van der Waals surface area (Å²) in [6.45, 7) is 7.67. The third-order valence-electron chi connectivity index (χ3n) is 3.48. The van der Waals surface area contributed by atoms with Crippen LogP contribution < -0.4 is 4.74 Å². The molecule has 1 aliphatic heterocycles. The van der Waals surface area contributed by atoms with Crippen molar-refractivity contribution >= 4 is 0 Å². The molecule has 2 rings (SSSR count). The molecule has 3 nitrogen and oxygen atoms in total. The molecule has 0 saturated heterocycles. The van der Waals surface area contributed by atoms with Gasteiger partial charge in [0.05, 0.1) is 18.6 Å². The minimum atomic E-state index is 0.0857. The molecule has 3 heteroatoms. The van der Waals surface area contributed by atoms with Gasteiger partial charge in [-0.25, -0.2) is 0 Å². The summed E-state index contributed by atoms with van der Waals surface area (Å²) in [5.74, 6) is 1.54. The molecule has 0 aromatic heterocycles. The Kier molecular flexibility index (Phi) is 4.22. The van der Waals surface area contributed by atoms with E-state index in [4.69, 9.17) is 10.00 Å². The van der Waals surface area contributed by atoms with Crippen LogP contribution in [-0.2, 0) is 0 Å². The summed E-state index contributed by atoms with van der Waals surface area (Å²) in [7, 11) is 0. The van der Waals surface area contributed by atoms with Crippen LogP contribution >= 0.6 is 0 Å². The zero-order valence-corrected chi connectivity index (χ0v) is 11.1. The molecular weight excluding hydrogens is 224 g/mol. The van der Waals surface area contributed by atoms with Gasteiger partial charge in [-0.2, -0.15) is 5.26 Å². The van der Waals surface area contributed by atoms with Crippen LogP contribution in [0.5, 0.6) is 5.75 Å². The van der Waals surface area contributed by atoms with Gasteiger partial charge in [0.2, 0.25) is 0 Å². The van der Waals surface area contributed by atoms with Gasteiger partial charge in [-0.05, 0) is 19.5 Å². The molecule has 0 radical (unpaired) electrons. The van der Waals surface area contributed by atoms with Crippen LogP contribution in [0, 0.1) is 17.2 Å². The minimum absolute atomic E-state index is 0.0857. The summed E-state index contributed by atoms with van der Waals surface area (Å²) >= 11 is 0. The van der Waals surface area contributed by atoms with E-state index in [1.165, 1.54) is 5.56 Å². The molecule has 1 aromatic rings. The predicted molar refractivity (Wildman–Crippen MR) is 71.6 cm³/mol. The van der Waals surface area contributed by atoms with Crippen LogP contribution in [0.25, 0.3) is 0 Å². The number of ether oxygens (including phenoxy) is 1. The summed E-state index contributed by atoms with van der Waals surface area (Å²) in [5.41, 5.74) is 1.31. The summed E-state index contributed by atoms with van der Waals surface area (Å²) in [4.78, 5) is 2.34. The lowest BCUT2D eigenvalue weighted by molar-refractivity contribution is 0.229. The van der Waals surface area contributed by atoms with Crippen molar-refractivity contribution in [2.24, 2.45) is 5.92 Å². The van der Waals surface area contributed by atoms with E-state index in [1.807, 2.05) is 19.1 Å². The van der Waals surface area contributed by atoms with Crippen molar-refractivity contribution in [1.29, 1.82) is 5.26 Å². The molecule has 0 N–H and O–H groups in total. The molecule has 18 heavy (non-hydrogen) atoms. The molecule has 0 aliphatic carbocycles. The molecule has 1 aromatic carbocycles. The molecule has 0 saturated carbocycles. The lowest BCUT2D eigenvalue weighted by atomic mass is 10.0. The van der Waals surface area contributed by atoms with Gasteiger partial charge in [0.1, 0.15) is 5.75 Å². The first-order valence-corrected chi connectivity index (χ1v) is 6.58. The van der Waals surface area contributed by atoms with Crippen LogP contribution in [0.4, 0.5) is 0 Å². The highest BCUT2D eigenvalue weighted by Gasteiger charge is 2.25. The first-order chi connectivity index (χ1) is 8.74. The highest BCUT2D eigenvalue weighted by Crippen LogP contribution is 2.33. The maximum absolute atomic E-state index is 8.90. The predicted octanol–water partition coefficient (Wildman–Crippen LogP) is 2.64. The van der Waals surface area contributed by atoms with Gasteiger partial charge in [0.15, 0.2) is 0 Å². The maximum atomic E-state index is 8.90. The molecule has 0 spiro atoms. The van der Waals surface area contributed by atoms with Crippen LogP contribution in [0.2, 0.25) is 0 Å². The Morgan fingerprint density at radius 3 is 3.00 bits per heavy atom. The maximum Gasteiger partial charge on any atom is 0.122 e. The minimum Gasteiger partial charge on any atom is -0.493 e. The van der Waals surface area contributed by atoms with Gasteiger partial charge in [-0.1, -0.05) is 25.1 Å². The van der Waals surface area contributed by atoms with Crippen molar-refractivity contribution in [3.63, 3.8) is 0 Å². The van der Waals surface area contributed by atoms with Crippen LogP contribution in [0.15, 0.2) is 24.3 Å². The Labute approximate surface area is 109 Å². The van der Waals surface area contributed by atoms with E-state index in [1.54, 1.807) is 0 Å². The fraction of sp³-hybridized carbons (Fsp3) is 0.533. The highest BCUT2D eigenvalue weighted by molar-refractivity contribution is 5.39. The van der Waals surface area contributed by atoms with Crippen molar-refractivity contribution in [1.82, 2.24) is 4.90 Å². The van der Waals surface area contributed by atoms with Gasteiger partial charge in [0, 0.05) is 24.6 Å². The van der Waals surface area contributed by atoms with Crippen LogP contribution in [-0.4, -0.2) is 31.1 Å². The van der Waals surface area contributed by atoms with Gasteiger partial charge >= 0.3 is 0 Å². The second-order valence-corrected chi connectivity index (χ2v) is 4.93. The first-order valence-electron chi connectivity index (χ1n) is 6.58. The van der Waals surface area contributed by atoms with E-state index >= 15 is 0 Å². The fourth-order valence-corrected chi connectivity index (χ4v) is 2.45. The number of hydrogen-bond acceptors (Lipinski definition) is 3. The van der Waals surface area contributed by atoms with Crippen molar-refractivity contribution < 1.29 is 4.74 Å². The Balaban J connectivity index is 2.00. The van der Waals surface area contributed by atoms with E-state index in [-0.39, 0.29) is 5.92 Å². The average molecular weight is 244 g/mol. The van der Waals surface area contributed by atoms with E-state index in [0.29, 0.717) is 5.92 Å². The third kappa shape index (κ3) is 2.83. The zero-order valence-electron chi connectivity index (χ0n) is 11.1. The smallest absolute Gasteiger partial charge is 0.122 e. The number of benzene rings is 1. The molecule has 0 amide bonds. The van der Waals surface area contributed by atoms with Crippen molar-refractivity contribution in [3.05, 3.63) is 29.8 Å². The van der Waals surface area contributed by atoms with Crippen LogP contribution in [0.1, 0.15) is 25.3 Å². The summed E-state index contributed by atoms with van der Waals surface area (Å²) in [6, 6.07) is 10.6. The zero-order chi connectivity index (χ0) is 13.0. The molecule has 96 valence electrons. The molecule has 0 fully saturated rings. The number of hydrogen-bond donors (Lipinski definition) is 0. The number of rotatable bonds is 5. The molecule has 2 unspecified atom stereocenters. The van der Waals surface area contributed by atoms with E-state index in [9.17, 15) is 0 Å². The van der Waals surface area contributed by atoms with E-state index in [0.717, 1.165) is 32.0 Å². The van der Waals surface area contributed by atoms with E-state index in [2.05, 4.69) is 30.0 Å². The SMILES string of the molecule is CCN(CC(C)C#N)CC1COc2ccccc21. The number of nitrogens with zero attached hydrogens (tertiary/aromatic N) is 2. The van der Waals surface area contributed by atoms with Gasteiger partial charge in [-0.15, -0.1) is 0 Å². The van der Waals surface area contributed by atoms with Crippen molar-refractivity contribution in [3.8, 4) is 11.8 Å². The second-order valence-electron chi connectivity index (χ2n) is 4.93. The lowest BCUT2D eigenvalue weighted by Crippen LogP contribution is -2.32. The molecule has 1 aliphatic rings. The standard InChI is InChI=1S/C15H20N2O/c1-3-17(9-12(2)8-16)10-13-11-18-15-7-5-4-6-14(13)15/h4-7,12-13H,3,9-11H2,1-2H3. The van der Waals surface area contributed by atoms with E-state index < -0.39 is 0 Å². The quantitative estimate of drug-likeness (QED) is 0.799. The molecule has 1 heterocycles. The van der Waals surface area contributed by atoms with Crippen molar-refractivity contribution in [2.45, 2.75) is 19.8 Å². The topological polar surface area (TPSA) is 36.3 Å². The summed E-state index contributed by atoms with van der Waals surface area (Å²) < 4.78 is 5.70. The number of fused-ring (bicyclic) bond motifs is 1. The van der Waals surface area contributed by atoms with Gasteiger partial charge in [0.25, 0.3) is 0 Å². The number of nitriles is 1. The molecule has 0 bridgehead atoms. The lowest BCUT2D eigenvalue weighted by Gasteiger charge is -2.24. The number of likely N-dealkylation sites (N-methyl/N-ethyl adjacent to an activating group) is 1. The third-order valence-corrected chi connectivity index (χ3v) is 3.48. The monoisotopic (exact) mass is 244 g/mol. The number of para-hydroxylation sites is 1. The van der Waals surface area contributed by atoms with Gasteiger partial charge in [-0.3, -0.25) is 0 Å². The average Bonchev–Trinajstić information content (AvgIpc) is 2.81. The highest BCUT2D eigenvalue weighted by atomic mass is 16.5. The normalized spacial score (nSPS) is 19.1. The van der Waals surface area contributed by atoms with Crippen molar-refractivity contribution in [2.75, 3.05) is 26.2 Å². The Bertz CT molecular complexity index is 438. The summed E-state index contributed by atoms with van der Waals surface area (Å²) in [6.07, 6.45) is 0. The molecule has 2 atom stereocenters. The Hall–Kier alpha value is -1.53. The van der Waals surface area contributed by atoms with Crippen LogP contribution in [0.3, 0.4) is 0 Å². The Morgan fingerprint density at radius 2 is 2.28 bits per heavy atom. The largest absolute Gasteiger partial charge is 0.493 e. The fourth-order valence-electron chi connectivity index (χ4n) is 2.45. The second kappa shape index (κ2) is 5.88. The summed E-state index contributed by atoms with van der Waals surface area (Å²) in [5, 5.41) is 8.90. The Morgan fingerprint density at radius 1 is 1.50 bits per heavy atom. The molecular formula is C15H20N2O. The van der Waals surface area contributed by atoms with Gasteiger partial charge < -0.3 is 9.64 Å².